The van der Waals surface area contributed by atoms with E-state index in [0.717, 1.165) is 43.9 Å². The maximum atomic E-state index is 6.99. The lowest BCUT2D eigenvalue weighted by molar-refractivity contribution is 0.591. The molecule has 0 fully saturated rings. The number of rotatable bonds is 2. The zero-order valence-electron chi connectivity index (χ0n) is 29.4. The van der Waals surface area contributed by atoms with Crippen LogP contribution in [0.3, 0.4) is 0 Å². The van der Waals surface area contributed by atoms with Gasteiger partial charge in [-0.05, 0) is 104 Å². The lowest BCUT2D eigenvalue weighted by Gasteiger charge is -2.24. The predicted molar refractivity (Wildman–Crippen MR) is 213 cm³/mol. The summed E-state index contributed by atoms with van der Waals surface area (Å²) in [6, 6.07) is 44.2. The van der Waals surface area contributed by atoms with Gasteiger partial charge in [-0.15, -0.1) is 0 Å². The van der Waals surface area contributed by atoms with E-state index < -0.39 is 0 Å². The average Bonchev–Trinajstić information content (AvgIpc) is 3.70. The highest BCUT2D eigenvalue weighted by Gasteiger charge is 2.28. The fourth-order valence-corrected chi connectivity index (χ4v) is 8.17. The van der Waals surface area contributed by atoms with Crippen LogP contribution in [0, 0.1) is 0 Å². The lowest BCUT2D eigenvalue weighted by Crippen LogP contribution is -2.12. The van der Waals surface area contributed by atoms with Crippen LogP contribution in [-0.2, 0) is 10.8 Å². The smallest absolute Gasteiger partial charge is 0.143 e. The molecule has 2 heterocycles. The van der Waals surface area contributed by atoms with Crippen LogP contribution >= 0.6 is 0 Å². The third-order valence-electron chi connectivity index (χ3n) is 10.9. The van der Waals surface area contributed by atoms with Crippen LogP contribution in [-0.4, -0.2) is 0 Å². The first-order valence-electron chi connectivity index (χ1n) is 17.7. The Bertz CT molecular complexity index is 2750. The number of hydrogen-bond acceptors (Lipinski definition) is 2. The SMILES string of the molecule is CC(C)(C)c1cc2c3oc4ccc(-c5ccccc5)cc4c3c3cc(C(C)(C)C)cc4c5oc6ccc(-c7ccccc7)cc6c5c(c1)c2c43. The molecule has 0 saturated heterocycles. The first-order valence-corrected chi connectivity index (χ1v) is 17.7. The second-order valence-electron chi connectivity index (χ2n) is 16.2. The molecular weight excluding hydrogens is 609 g/mol. The Balaban J connectivity index is 1.46. The van der Waals surface area contributed by atoms with E-state index in [-0.39, 0.29) is 10.8 Å². The second-order valence-corrected chi connectivity index (χ2v) is 16.2. The van der Waals surface area contributed by atoms with Gasteiger partial charge in [0, 0.05) is 43.1 Å². The number of furan rings is 2. The molecule has 0 spiro atoms. The van der Waals surface area contributed by atoms with E-state index in [4.69, 9.17) is 8.83 Å². The Morgan fingerprint density at radius 1 is 0.340 bits per heavy atom. The Labute approximate surface area is 291 Å². The van der Waals surface area contributed by atoms with Crippen LogP contribution in [0.25, 0.3) is 98.4 Å². The third-order valence-corrected chi connectivity index (χ3v) is 10.9. The first-order chi connectivity index (χ1) is 24.0. The van der Waals surface area contributed by atoms with E-state index in [2.05, 4.69) is 163 Å². The predicted octanol–water partition coefficient (Wildman–Crippen LogP) is 14.3. The fraction of sp³-hybridized carbons (Fsp3) is 0.167. The Morgan fingerprint density at radius 2 is 0.720 bits per heavy atom. The second kappa shape index (κ2) is 9.98. The average molecular weight is 647 g/mol. The van der Waals surface area contributed by atoms with Crippen molar-refractivity contribution in [1.29, 1.82) is 0 Å². The van der Waals surface area contributed by atoms with E-state index >= 15 is 0 Å². The van der Waals surface area contributed by atoms with Gasteiger partial charge in [0.2, 0.25) is 0 Å². The normalized spacial score (nSPS) is 13.0. The molecule has 2 aromatic heterocycles. The van der Waals surface area contributed by atoms with Crippen molar-refractivity contribution in [1.82, 2.24) is 0 Å². The van der Waals surface area contributed by atoms with Gasteiger partial charge in [-0.1, -0.05) is 114 Å². The number of hydrogen-bond donors (Lipinski definition) is 0. The molecule has 0 aliphatic carbocycles. The lowest BCUT2D eigenvalue weighted by atomic mass is 9.79. The summed E-state index contributed by atoms with van der Waals surface area (Å²) in [6.07, 6.45) is 0. The first kappa shape index (κ1) is 29.3. The summed E-state index contributed by atoms with van der Waals surface area (Å²) in [5.41, 5.74) is 10.9. The monoisotopic (exact) mass is 646 g/mol. The molecule has 0 amide bonds. The van der Waals surface area contributed by atoms with E-state index in [9.17, 15) is 0 Å². The standard InChI is InChI=1S/C48H38O2/c1-47(2,3)31-23-35-41-37(25-31)45-44(34-22-30(18-20-40(34)49-45)28-15-11-8-12-16-28)36-24-32(48(4,5)6)26-38(42(36)41)46-43(35)33-21-29(17-19-39(33)50-46)27-13-9-7-10-14-27/h7-26H,1-6H3. The Kier molecular flexibility index (Phi) is 5.86. The van der Waals surface area contributed by atoms with Gasteiger partial charge in [-0.25, -0.2) is 0 Å². The summed E-state index contributed by atoms with van der Waals surface area (Å²) in [6.45, 7) is 13.8. The topological polar surface area (TPSA) is 26.3 Å². The van der Waals surface area contributed by atoms with E-state index in [1.165, 1.54) is 65.7 Å². The van der Waals surface area contributed by atoms with E-state index in [1.807, 2.05) is 0 Å². The minimum Gasteiger partial charge on any atom is -0.455 e. The summed E-state index contributed by atoms with van der Waals surface area (Å²) in [4.78, 5) is 0. The van der Waals surface area contributed by atoms with Crippen molar-refractivity contribution in [2.45, 2.75) is 52.4 Å². The summed E-state index contributed by atoms with van der Waals surface area (Å²) >= 11 is 0. The molecule has 0 aliphatic rings. The quantitative estimate of drug-likeness (QED) is 0.175. The fourth-order valence-electron chi connectivity index (χ4n) is 8.17. The number of benzene rings is 8. The molecule has 0 radical (unpaired) electrons. The summed E-state index contributed by atoms with van der Waals surface area (Å²) in [7, 11) is 0. The third kappa shape index (κ3) is 4.15. The maximum absolute atomic E-state index is 6.99. The van der Waals surface area contributed by atoms with Crippen LogP contribution in [0.4, 0.5) is 0 Å². The van der Waals surface area contributed by atoms with Crippen molar-refractivity contribution in [3.8, 4) is 22.3 Å². The van der Waals surface area contributed by atoms with Gasteiger partial charge in [-0.2, -0.15) is 0 Å². The van der Waals surface area contributed by atoms with Gasteiger partial charge in [0.05, 0.1) is 0 Å². The molecule has 10 rings (SSSR count). The molecule has 2 nitrogen and oxygen atoms in total. The van der Waals surface area contributed by atoms with Crippen LogP contribution in [0.1, 0.15) is 52.7 Å². The molecular formula is C48H38O2. The summed E-state index contributed by atoms with van der Waals surface area (Å²) in [5, 5.41) is 11.9. The van der Waals surface area contributed by atoms with E-state index in [0.29, 0.717) is 0 Å². The zero-order valence-corrected chi connectivity index (χ0v) is 29.4. The summed E-state index contributed by atoms with van der Waals surface area (Å²) in [5.74, 6) is 0. The molecule has 0 aliphatic heterocycles. The minimum absolute atomic E-state index is 0.0796. The largest absolute Gasteiger partial charge is 0.455 e. The molecule has 8 aromatic carbocycles. The molecule has 0 saturated carbocycles. The van der Waals surface area contributed by atoms with Gasteiger partial charge in [-0.3, -0.25) is 0 Å². The van der Waals surface area contributed by atoms with Crippen LogP contribution in [0.15, 0.2) is 130 Å². The van der Waals surface area contributed by atoms with Gasteiger partial charge in [0.25, 0.3) is 0 Å². The molecule has 0 N–H and O–H groups in total. The van der Waals surface area contributed by atoms with Crippen LogP contribution in [0.5, 0.6) is 0 Å². The van der Waals surface area contributed by atoms with Gasteiger partial charge >= 0.3 is 0 Å². The van der Waals surface area contributed by atoms with Crippen molar-refractivity contribution < 1.29 is 8.83 Å². The van der Waals surface area contributed by atoms with Crippen molar-refractivity contribution in [3.63, 3.8) is 0 Å². The molecule has 10 aromatic rings. The van der Waals surface area contributed by atoms with Gasteiger partial charge in [0.15, 0.2) is 0 Å². The Morgan fingerprint density at radius 3 is 1.10 bits per heavy atom. The van der Waals surface area contributed by atoms with E-state index in [1.54, 1.807) is 0 Å². The molecule has 0 unspecified atom stereocenters. The van der Waals surface area contributed by atoms with Crippen molar-refractivity contribution >= 4 is 76.2 Å². The molecule has 2 heteroatoms. The van der Waals surface area contributed by atoms with Gasteiger partial charge < -0.3 is 8.83 Å². The summed E-state index contributed by atoms with van der Waals surface area (Å²) < 4.78 is 14.0. The highest BCUT2D eigenvalue weighted by atomic mass is 16.3. The molecule has 242 valence electrons. The van der Waals surface area contributed by atoms with Crippen LogP contribution < -0.4 is 0 Å². The molecule has 50 heavy (non-hydrogen) atoms. The van der Waals surface area contributed by atoms with Crippen molar-refractivity contribution in [2.24, 2.45) is 0 Å². The van der Waals surface area contributed by atoms with Crippen molar-refractivity contribution in [3.05, 3.63) is 132 Å². The Hall–Kier alpha value is -5.60. The van der Waals surface area contributed by atoms with Gasteiger partial charge in [0.1, 0.15) is 22.3 Å². The molecule has 0 bridgehead atoms. The highest BCUT2D eigenvalue weighted by molar-refractivity contribution is 6.43. The maximum Gasteiger partial charge on any atom is 0.143 e. The highest BCUT2D eigenvalue weighted by Crippen LogP contribution is 2.52. The van der Waals surface area contributed by atoms with Crippen LogP contribution in [0.2, 0.25) is 0 Å². The number of fused-ring (bicyclic) bond motifs is 10. The zero-order chi connectivity index (χ0) is 34.1. The minimum atomic E-state index is -0.0796. The van der Waals surface area contributed by atoms with Crippen molar-refractivity contribution in [2.75, 3.05) is 0 Å². The molecule has 0 atom stereocenters.